The molecule has 0 aromatic carbocycles. The van der Waals surface area contributed by atoms with Crippen LogP contribution in [-0.2, 0) is 16.6 Å². The molecule has 1 heterocycles. The monoisotopic (exact) mass is 306 g/mol. The average molecular weight is 306 g/mol. The predicted octanol–water partition coefficient (Wildman–Crippen LogP) is 1.17. The summed E-state index contributed by atoms with van der Waals surface area (Å²) in [6.45, 7) is 3.09. The zero-order valence-electron chi connectivity index (χ0n) is 11.6. The Morgan fingerprint density at radius 1 is 1.37 bits per heavy atom. The Labute approximate surface area is 119 Å². The van der Waals surface area contributed by atoms with Crippen LogP contribution in [-0.4, -0.2) is 45.6 Å². The molecule has 0 saturated carbocycles. The molecule has 19 heavy (non-hydrogen) atoms. The summed E-state index contributed by atoms with van der Waals surface area (Å²) in [5.74, 6) is 0. The van der Waals surface area contributed by atoms with Gasteiger partial charge < -0.3 is 10.0 Å². The molecule has 5 nitrogen and oxygen atoms in total. The summed E-state index contributed by atoms with van der Waals surface area (Å²) in [6.07, 6.45) is 1.77. The number of nitrogens with one attached hydrogen (secondary N) is 1. The molecule has 1 aromatic rings. The molecule has 0 spiro atoms. The molecule has 0 amide bonds. The van der Waals surface area contributed by atoms with E-state index < -0.39 is 10.0 Å². The lowest BCUT2D eigenvalue weighted by Gasteiger charge is -2.09. The van der Waals surface area contributed by atoms with Gasteiger partial charge in [-0.15, -0.1) is 11.3 Å². The van der Waals surface area contributed by atoms with Crippen LogP contribution in [0.4, 0.5) is 0 Å². The Balaban J connectivity index is 2.51. The first-order valence-electron chi connectivity index (χ1n) is 6.21. The maximum Gasteiger partial charge on any atom is 0.250 e. The predicted molar refractivity (Wildman–Crippen MR) is 78.0 cm³/mol. The molecule has 0 saturated heterocycles. The first-order valence-corrected chi connectivity index (χ1v) is 8.51. The Morgan fingerprint density at radius 3 is 2.58 bits per heavy atom. The van der Waals surface area contributed by atoms with E-state index in [-0.39, 0.29) is 10.8 Å². The van der Waals surface area contributed by atoms with E-state index in [0.29, 0.717) is 11.4 Å². The van der Waals surface area contributed by atoms with Gasteiger partial charge in [0.25, 0.3) is 0 Å². The fourth-order valence-electron chi connectivity index (χ4n) is 1.61. The summed E-state index contributed by atoms with van der Waals surface area (Å²) in [4.78, 5) is 2.78. The molecule has 0 atom stereocenters. The molecule has 2 N–H and O–H groups in total. The summed E-state index contributed by atoms with van der Waals surface area (Å²) in [6, 6.07) is 1.61. The number of aryl methyl sites for hydroxylation is 1. The van der Waals surface area contributed by atoms with Crippen LogP contribution in [0.3, 0.4) is 0 Å². The molecule has 0 aliphatic heterocycles. The van der Waals surface area contributed by atoms with Crippen molar-refractivity contribution in [2.45, 2.75) is 30.6 Å². The fourth-order valence-corrected chi connectivity index (χ4v) is 4.18. The third-order valence-electron chi connectivity index (χ3n) is 2.73. The van der Waals surface area contributed by atoms with Crippen LogP contribution in [0.25, 0.3) is 0 Å². The summed E-state index contributed by atoms with van der Waals surface area (Å²) < 4.78 is 26.9. The first kappa shape index (κ1) is 16.6. The zero-order chi connectivity index (χ0) is 14.5. The van der Waals surface area contributed by atoms with Crippen molar-refractivity contribution in [1.82, 2.24) is 9.62 Å². The third-order valence-corrected chi connectivity index (χ3v) is 5.89. The molecule has 110 valence electrons. The van der Waals surface area contributed by atoms with Crippen LogP contribution in [0, 0.1) is 6.92 Å². The van der Waals surface area contributed by atoms with E-state index in [1.165, 1.54) is 0 Å². The summed E-state index contributed by atoms with van der Waals surface area (Å²) in [5.41, 5.74) is 0.820. The SMILES string of the molecule is Cc1cc(S(=O)(=O)NCCCCN(C)C)sc1CO. The quantitative estimate of drug-likeness (QED) is 0.707. The van der Waals surface area contributed by atoms with E-state index >= 15 is 0 Å². The van der Waals surface area contributed by atoms with E-state index in [0.717, 1.165) is 36.3 Å². The van der Waals surface area contributed by atoms with Gasteiger partial charge in [0.15, 0.2) is 0 Å². The minimum absolute atomic E-state index is 0.116. The smallest absolute Gasteiger partial charge is 0.250 e. The van der Waals surface area contributed by atoms with Crippen LogP contribution >= 0.6 is 11.3 Å². The molecule has 7 heteroatoms. The van der Waals surface area contributed by atoms with Crippen LogP contribution in [0.1, 0.15) is 23.3 Å². The Morgan fingerprint density at radius 2 is 2.05 bits per heavy atom. The number of rotatable bonds is 8. The van der Waals surface area contributed by atoms with Gasteiger partial charge in [-0.3, -0.25) is 0 Å². The maximum absolute atomic E-state index is 12.0. The summed E-state index contributed by atoms with van der Waals surface area (Å²) in [7, 11) is 0.561. The van der Waals surface area contributed by atoms with Crippen molar-refractivity contribution in [3.05, 3.63) is 16.5 Å². The van der Waals surface area contributed by atoms with Gasteiger partial charge in [0.2, 0.25) is 10.0 Å². The number of sulfonamides is 1. The van der Waals surface area contributed by atoms with E-state index in [1.807, 2.05) is 14.1 Å². The second-order valence-corrected chi connectivity index (χ2v) is 7.87. The molecule has 0 bridgehead atoms. The van der Waals surface area contributed by atoms with Crippen molar-refractivity contribution in [2.75, 3.05) is 27.2 Å². The number of aliphatic hydroxyl groups excluding tert-OH is 1. The van der Waals surface area contributed by atoms with Gasteiger partial charge >= 0.3 is 0 Å². The highest BCUT2D eigenvalue weighted by molar-refractivity contribution is 7.91. The van der Waals surface area contributed by atoms with Gasteiger partial charge in [-0.05, 0) is 52.0 Å². The Hall–Kier alpha value is -0.470. The lowest BCUT2D eigenvalue weighted by atomic mass is 10.3. The van der Waals surface area contributed by atoms with E-state index in [1.54, 1.807) is 13.0 Å². The van der Waals surface area contributed by atoms with Crippen molar-refractivity contribution in [1.29, 1.82) is 0 Å². The minimum atomic E-state index is -3.43. The first-order chi connectivity index (χ1) is 8.86. The van der Waals surface area contributed by atoms with Crippen molar-refractivity contribution >= 4 is 21.4 Å². The molecule has 0 aliphatic carbocycles. The highest BCUT2D eigenvalue weighted by atomic mass is 32.2. The summed E-state index contributed by atoms with van der Waals surface area (Å²) >= 11 is 1.13. The molecule has 1 rings (SSSR count). The topological polar surface area (TPSA) is 69.6 Å². The normalized spacial score (nSPS) is 12.3. The van der Waals surface area contributed by atoms with Gasteiger partial charge in [0.1, 0.15) is 4.21 Å². The minimum Gasteiger partial charge on any atom is -0.391 e. The van der Waals surface area contributed by atoms with Crippen molar-refractivity contribution in [3.63, 3.8) is 0 Å². The van der Waals surface area contributed by atoms with Crippen LogP contribution in [0.5, 0.6) is 0 Å². The zero-order valence-corrected chi connectivity index (χ0v) is 13.3. The van der Waals surface area contributed by atoms with Crippen LogP contribution in [0.2, 0.25) is 0 Å². The Bertz CT molecular complexity index is 495. The van der Waals surface area contributed by atoms with Gasteiger partial charge in [-0.1, -0.05) is 0 Å². The molecular formula is C12H22N2O3S2. The van der Waals surface area contributed by atoms with Crippen LogP contribution in [0.15, 0.2) is 10.3 Å². The van der Waals surface area contributed by atoms with Crippen molar-refractivity contribution < 1.29 is 13.5 Å². The van der Waals surface area contributed by atoms with E-state index in [4.69, 9.17) is 5.11 Å². The lowest BCUT2D eigenvalue weighted by Crippen LogP contribution is -2.24. The van der Waals surface area contributed by atoms with E-state index in [2.05, 4.69) is 9.62 Å². The fraction of sp³-hybridized carbons (Fsp3) is 0.667. The van der Waals surface area contributed by atoms with Gasteiger partial charge in [0.05, 0.1) is 6.61 Å². The lowest BCUT2D eigenvalue weighted by molar-refractivity contribution is 0.285. The van der Waals surface area contributed by atoms with Crippen molar-refractivity contribution in [3.8, 4) is 0 Å². The molecule has 0 aliphatic rings. The number of hydrogen-bond acceptors (Lipinski definition) is 5. The number of hydrogen-bond donors (Lipinski definition) is 2. The number of aliphatic hydroxyl groups is 1. The molecule has 1 aromatic heterocycles. The highest BCUT2D eigenvalue weighted by Crippen LogP contribution is 2.25. The highest BCUT2D eigenvalue weighted by Gasteiger charge is 2.17. The van der Waals surface area contributed by atoms with Gasteiger partial charge in [-0.2, -0.15) is 0 Å². The molecule has 0 radical (unpaired) electrons. The van der Waals surface area contributed by atoms with Crippen LogP contribution < -0.4 is 4.72 Å². The second-order valence-electron chi connectivity index (χ2n) is 4.74. The molecular weight excluding hydrogens is 284 g/mol. The van der Waals surface area contributed by atoms with Crippen molar-refractivity contribution in [2.24, 2.45) is 0 Å². The average Bonchev–Trinajstić information content (AvgIpc) is 2.70. The number of nitrogens with zero attached hydrogens (tertiary/aromatic N) is 1. The number of thiophene rings is 1. The van der Waals surface area contributed by atoms with Gasteiger partial charge in [0, 0.05) is 11.4 Å². The number of unbranched alkanes of at least 4 members (excludes halogenated alkanes) is 1. The Kier molecular flexibility index (Phi) is 6.41. The third kappa shape index (κ3) is 5.19. The largest absolute Gasteiger partial charge is 0.391 e. The second kappa shape index (κ2) is 7.35. The standard InChI is InChI=1S/C12H22N2O3S2/c1-10-8-12(18-11(10)9-15)19(16,17)13-6-4-5-7-14(2)3/h8,13,15H,4-7,9H2,1-3H3. The summed E-state index contributed by atoms with van der Waals surface area (Å²) in [5, 5.41) is 9.09. The van der Waals surface area contributed by atoms with E-state index in [9.17, 15) is 8.42 Å². The maximum atomic E-state index is 12.0. The molecule has 0 fully saturated rings. The molecule has 0 unspecified atom stereocenters. The van der Waals surface area contributed by atoms with Gasteiger partial charge in [-0.25, -0.2) is 13.1 Å².